The van der Waals surface area contributed by atoms with Crippen LogP contribution in [0, 0.1) is 0 Å². The molecule has 0 radical (unpaired) electrons. The molecule has 3 amide bonds. The van der Waals surface area contributed by atoms with Crippen molar-refractivity contribution in [2.24, 2.45) is 0 Å². The van der Waals surface area contributed by atoms with Crippen LogP contribution >= 0.6 is 0 Å². The van der Waals surface area contributed by atoms with E-state index in [9.17, 15) is 14.4 Å². The summed E-state index contributed by atoms with van der Waals surface area (Å²) in [6.07, 6.45) is 3.46. The van der Waals surface area contributed by atoms with Crippen molar-refractivity contribution in [3.63, 3.8) is 0 Å². The Hall–Kier alpha value is -3.16. The van der Waals surface area contributed by atoms with Crippen LogP contribution in [0.5, 0.6) is 0 Å². The SMILES string of the molecule is CCC(C)NC(=O)c1nc(C(=O)Nc2ccc(NC(C)=O)cc2)c2n1CCCC2. The summed E-state index contributed by atoms with van der Waals surface area (Å²) in [4.78, 5) is 41.1. The Morgan fingerprint density at radius 3 is 2.34 bits per heavy atom. The maximum absolute atomic E-state index is 12.9. The maximum atomic E-state index is 12.9. The first-order valence-electron chi connectivity index (χ1n) is 9.98. The molecule has 1 aromatic carbocycles. The van der Waals surface area contributed by atoms with Crippen LogP contribution in [0.15, 0.2) is 24.3 Å². The van der Waals surface area contributed by atoms with Crippen molar-refractivity contribution in [3.8, 4) is 0 Å². The zero-order chi connectivity index (χ0) is 21.0. The van der Waals surface area contributed by atoms with E-state index in [1.54, 1.807) is 24.3 Å². The molecule has 1 aliphatic heterocycles. The Kier molecular flexibility index (Phi) is 6.31. The van der Waals surface area contributed by atoms with Gasteiger partial charge < -0.3 is 20.5 Å². The zero-order valence-corrected chi connectivity index (χ0v) is 17.0. The standard InChI is InChI=1S/C21H27N5O3/c1-4-13(2)22-21(29)19-25-18(17-7-5-6-12-26(17)19)20(28)24-16-10-8-15(9-11-16)23-14(3)27/h8-11,13H,4-7,12H2,1-3H3,(H,22,29)(H,23,27)(H,24,28). The lowest BCUT2D eigenvalue weighted by atomic mass is 10.1. The van der Waals surface area contributed by atoms with E-state index in [1.807, 2.05) is 18.4 Å². The summed E-state index contributed by atoms with van der Waals surface area (Å²) in [5.41, 5.74) is 2.34. The van der Waals surface area contributed by atoms with Gasteiger partial charge in [0.25, 0.3) is 11.8 Å². The van der Waals surface area contributed by atoms with Crippen molar-refractivity contribution in [3.05, 3.63) is 41.5 Å². The van der Waals surface area contributed by atoms with E-state index < -0.39 is 0 Å². The summed E-state index contributed by atoms with van der Waals surface area (Å²) >= 11 is 0. The molecule has 8 nitrogen and oxygen atoms in total. The molecule has 154 valence electrons. The van der Waals surface area contributed by atoms with Crippen LogP contribution in [0.2, 0.25) is 0 Å². The summed E-state index contributed by atoms with van der Waals surface area (Å²) < 4.78 is 1.87. The number of nitrogens with zero attached hydrogens (tertiary/aromatic N) is 2. The Balaban J connectivity index is 1.81. The lowest BCUT2D eigenvalue weighted by Crippen LogP contribution is -2.34. The van der Waals surface area contributed by atoms with Gasteiger partial charge in [0, 0.05) is 30.9 Å². The van der Waals surface area contributed by atoms with Crippen LogP contribution in [-0.2, 0) is 17.8 Å². The summed E-state index contributed by atoms with van der Waals surface area (Å²) in [5, 5.41) is 8.45. The highest BCUT2D eigenvalue weighted by Gasteiger charge is 2.27. The fourth-order valence-electron chi connectivity index (χ4n) is 3.32. The number of rotatable bonds is 6. The average molecular weight is 397 g/mol. The van der Waals surface area contributed by atoms with E-state index in [2.05, 4.69) is 20.9 Å². The molecular weight excluding hydrogens is 370 g/mol. The van der Waals surface area contributed by atoms with Gasteiger partial charge in [0.15, 0.2) is 11.5 Å². The summed E-state index contributed by atoms with van der Waals surface area (Å²) in [5.74, 6) is -0.451. The fourth-order valence-corrected chi connectivity index (χ4v) is 3.32. The van der Waals surface area contributed by atoms with Crippen LogP contribution in [0.1, 0.15) is 66.8 Å². The molecule has 29 heavy (non-hydrogen) atoms. The van der Waals surface area contributed by atoms with Gasteiger partial charge in [0.2, 0.25) is 5.91 Å². The van der Waals surface area contributed by atoms with Crippen LogP contribution in [0.4, 0.5) is 11.4 Å². The molecule has 0 fully saturated rings. The third kappa shape index (κ3) is 4.82. The van der Waals surface area contributed by atoms with Crippen molar-refractivity contribution in [1.82, 2.24) is 14.9 Å². The smallest absolute Gasteiger partial charge is 0.287 e. The van der Waals surface area contributed by atoms with Gasteiger partial charge >= 0.3 is 0 Å². The quantitative estimate of drug-likeness (QED) is 0.697. The molecule has 0 aliphatic carbocycles. The maximum Gasteiger partial charge on any atom is 0.287 e. The monoisotopic (exact) mass is 397 g/mol. The first kappa shape index (κ1) is 20.6. The van der Waals surface area contributed by atoms with E-state index in [-0.39, 0.29) is 23.8 Å². The molecule has 1 aliphatic rings. The topological polar surface area (TPSA) is 105 Å². The first-order chi connectivity index (χ1) is 13.9. The number of carbonyl (C=O) groups is 3. The molecule has 0 bridgehead atoms. The Morgan fingerprint density at radius 2 is 1.72 bits per heavy atom. The molecule has 0 saturated carbocycles. The van der Waals surface area contributed by atoms with E-state index >= 15 is 0 Å². The summed E-state index contributed by atoms with van der Waals surface area (Å²) in [6.45, 7) is 6.06. The highest BCUT2D eigenvalue weighted by atomic mass is 16.2. The van der Waals surface area contributed by atoms with E-state index in [1.165, 1.54) is 6.92 Å². The highest BCUT2D eigenvalue weighted by Crippen LogP contribution is 2.23. The minimum absolute atomic E-state index is 0.0402. The number of fused-ring (bicyclic) bond motifs is 1. The number of benzene rings is 1. The molecule has 1 atom stereocenters. The molecule has 0 spiro atoms. The van der Waals surface area contributed by atoms with Crippen molar-refractivity contribution in [2.75, 3.05) is 10.6 Å². The lowest BCUT2D eigenvalue weighted by molar-refractivity contribution is -0.114. The number of amides is 3. The number of carbonyl (C=O) groups excluding carboxylic acids is 3. The summed E-state index contributed by atoms with van der Waals surface area (Å²) in [6, 6.07) is 6.89. The third-order valence-corrected chi connectivity index (χ3v) is 4.99. The number of nitrogens with one attached hydrogen (secondary N) is 3. The van der Waals surface area contributed by atoms with Crippen molar-refractivity contribution in [2.45, 2.75) is 59.0 Å². The van der Waals surface area contributed by atoms with E-state index in [0.29, 0.717) is 35.9 Å². The molecule has 0 saturated heterocycles. The predicted molar refractivity (Wildman–Crippen MR) is 111 cm³/mol. The molecule has 2 aromatic rings. The van der Waals surface area contributed by atoms with Gasteiger partial charge in [-0.25, -0.2) is 4.98 Å². The number of anilines is 2. The van der Waals surface area contributed by atoms with Gasteiger partial charge in [-0.05, 0) is 56.9 Å². The number of hydrogen-bond donors (Lipinski definition) is 3. The number of hydrogen-bond acceptors (Lipinski definition) is 4. The third-order valence-electron chi connectivity index (χ3n) is 4.99. The van der Waals surface area contributed by atoms with Crippen LogP contribution in [0.25, 0.3) is 0 Å². The van der Waals surface area contributed by atoms with Crippen molar-refractivity contribution in [1.29, 1.82) is 0 Å². The van der Waals surface area contributed by atoms with Gasteiger partial charge in [0.1, 0.15) is 0 Å². The second-order valence-electron chi connectivity index (χ2n) is 7.33. The largest absolute Gasteiger partial charge is 0.347 e. The predicted octanol–water partition coefficient (Wildman–Crippen LogP) is 2.96. The second-order valence-corrected chi connectivity index (χ2v) is 7.33. The molecule has 1 unspecified atom stereocenters. The Bertz CT molecular complexity index is 917. The van der Waals surface area contributed by atoms with E-state index in [0.717, 1.165) is 25.0 Å². The average Bonchev–Trinajstić information content (AvgIpc) is 3.09. The molecule has 3 rings (SSSR count). The number of imidazole rings is 1. The van der Waals surface area contributed by atoms with E-state index in [4.69, 9.17) is 0 Å². The van der Waals surface area contributed by atoms with Gasteiger partial charge in [-0.15, -0.1) is 0 Å². The lowest BCUT2D eigenvalue weighted by Gasteiger charge is -2.18. The Labute approximate surface area is 170 Å². The van der Waals surface area contributed by atoms with Crippen LogP contribution < -0.4 is 16.0 Å². The van der Waals surface area contributed by atoms with Crippen LogP contribution in [0.3, 0.4) is 0 Å². The van der Waals surface area contributed by atoms with Gasteiger partial charge in [-0.3, -0.25) is 14.4 Å². The second kappa shape index (κ2) is 8.89. The fraction of sp³-hybridized carbons (Fsp3) is 0.429. The van der Waals surface area contributed by atoms with Gasteiger partial charge in [-0.2, -0.15) is 0 Å². The molecule has 1 aromatic heterocycles. The zero-order valence-electron chi connectivity index (χ0n) is 17.0. The number of aromatic nitrogens is 2. The minimum Gasteiger partial charge on any atom is -0.347 e. The minimum atomic E-state index is -0.342. The van der Waals surface area contributed by atoms with Crippen molar-refractivity contribution < 1.29 is 14.4 Å². The van der Waals surface area contributed by atoms with Gasteiger partial charge in [0.05, 0.1) is 5.69 Å². The highest BCUT2D eigenvalue weighted by molar-refractivity contribution is 6.05. The molecule has 8 heteroatoms. The summed E-state index contributed by atoms with van der Waals surface area (Å²) in [7, 11) is 0. The Morgan fingerprint density at radius 1 is 1.07 bits per heavy atom. The van der Waals surface area contributed by atoms with Crippen molar-refractivity contribution >= 4 is 29.1 Å². The normalized spacial score (nSPS) is 13.9. The van der Waals surface area contributed by atoms with Gasteiger partial charge in [-0.1, -0.05) is 6.92 Å². The molecular formula is C21H27N5O3. The first-order valence-corrected chi connectivity index (χ1v) is 9.98. The molecule has 2 heterocycles. The van der Waals surface area contributed by atoms with Crippen LogP contribution in [-0.4, -0.2) is 33.3 Å². The molecule has 3 N–H and O–H groups in total.